The second-order valence-corrected chi connectivity index (χ2v) is 4.41. The Morgan fingerprint density at radius 1 is 1.33 bits per heavy atom. The van der Waals surface area contributed by atoms with E-state index in [-0.39, 0.29) is 5.91 Å². The summed E-state index contributed by atoms with van der Waals surface area (Å²) >= 11 is 0. The molecule has 1 aliphatic carbocycles. The summed E-state index contributed by atoms with van der Waals surface area (Å²) in [6.07, 6.45) is 7.25. The van der Waals surface area contributed by atoms with Crippen molar-refractivity contribution in [3.8, 4) is 0 Å². The quantitative estimate of drug-likeness (QED) is 0.760. The molecule has 1 amide bonds. The van der Waals surface area contributed by atoms with Crippen LogP contribution in [0.2, 0.25) is 0 Å². The molecule has 0 radical (unpaired) electrons. The standard InChI is InChI=1S/C11H19N3O/c12-7-6-9-8-11(15)14(13-9)10-4-2-1-3-5-10/h10H,1-8,12H2. The third-order valence-electron chi connectivity index (χ3n) is 3.21. The number of hydrogen-bond acceptors (Lipinski definition) is 3. The van der Waals surface area contributed by atoms with Crippen LogP contribution in [-0.2, 0) is 4.79 Å². The first-order chi connectivity index (χ1) is 7.31. The van der Waals surface area contributed by atoms with Crippen molar-refractivity contribution < 1.29 is 4.79 Å². The topological polar surface area (TPSA) is 58.7 Å². The van der Waals surface area contributed by atoms with Crippen LogP contribution >= 0.6 is 0 Å². The number of carbonyl (C=O) groups is 1. The van der Waals surface area contributed by atoms with E-state index in [0.717, 1.165) is 25.0 Å². The van der Waals surface area contributed by atoms with Crippen LogP contribution in [0.3, 0.4) is 0 Å². The summed E-state index contributed by atoms with van der Waals surface area (Å²) in [4.78, 5) is 11.7. The Hall–Kier alpha value is -0.900. The number of amides is 1. The Morgan fingerprint density at radius 3 is 2.73 bits per heavy atom. The second kappa shape index (κ2) is 4.75. The first-order valence-corrected chi connectivity index (χ1v) is 5.89. The van der Waals surface area contributed by atoms with Crippen molar-refractivity contribution in [1.82, 2.24) is 5.01 Å². The molecule has 1 fully saturated rings. The van der Waals surface area contributed by atoms with Crippen molar-refractivity contribution in [2.45, 2.75) is 51.0 Å². The molecular formula is C11H19N3O. The Bertz CT molecular complexity index is 269. The van der Waals surface area contributed by atoms with Gasteiger partial charge >= 0.3 is 0 Å². The number of hydrazone groups is 1. The van der Waals surface area contributed by atoms with Crippen LogP contribution in [-0.4, -0.2) is 29.2 Å². The fourth-order valence-electron chi connectivity index (χ4n) is 2.41. The number of hydrogen-bond donors (Lipinski definition) is 1. The van der Waals surface area contributed by atoms with Crippen LogP contribution in [0.25, 0.3) is 0 Å². The first kappa shape index (κ1) is 10.6. The SMILES string of the molecule is NCCC1=NN(C2CCCCC2)C(=O)C1. The molecule has 2 N–H and O–H groups in total. The largest absolute Gasteiger partial charge is 0.330 e. The van der Waals surface area contributed by atoms with Gasteiger partial charge < -0.3 is 5.73 Å². The zero-order chi connectivity index (χ0) is 10.7. The molecule has 84 valence electrons. The number of nitrogens with zero attached hydrogens (tertiary/aromatic N) is 2. The molecule has 0 unspecified atom stereocenters. The summed E-state index contributed by atoms with van der Waals surface area (Å²) in [5.41, 5.74) is 6.43. The minimum Gasteiger partial charge on any atom is -0.330 e. The fourth-order valence-corrected chi connectivity index (χ4v) is 2.41. The second-order valence-electron chi connectivity index (χ2n) is 4.41. The average molecular weight is 209 g/mol. The highest BCUT2D eigenvalue weighted by atomic mass is 16.2. The monoisotopic (exact) mass is 209 g/mol. The predicted octanol–water partition coefficient (Wildman–Crippen LogP) is 1.26. The smallest absolute Gasteiger partial charge is 0.248 e. The Labute approximate surface area is 90.5 Å². The molecule has 1 heterocycles. The van der Waals surface area contributed by atoms with E-state index in [1.807, 2.05) is 0 Å². The molecule has 2 rings (SSSR count). The van der Waals surface area contributed by atoms with Gasteiger partial charge in [0.25, 0.3) is 0 Å². The van der Waals surface area contributed by atoms with Gasteiger partial charge in [-0.1, -0.05) is 19.3 Å². The van der Waals surface area contributed by atoms with Crippen LogP contribution in [0.5, 0.6) is 0 Å². The van der Waals surface area contributed by atoms with Crippen molar-refractivity contribution in [2.75, 3.05) is 6.54 Å². The molecule has 4 heteroatoms. The zero-order valence-corrected chi connectivity index (χ0v) is 9.11. The maximum atomic E-state index is 11.7. The lowest BCUT2D eigenvalue weighted by Crippen LogP contribution is -2.34. The van der Waals surface area contributed by atoms with Gasteiger partial charge in [-0.25, -0.2) is 5.01 Å². The summed E-state index contributed by atoms with van der Waals surface area (Å²) in [6, 6.07) is 0.363. The van der Waals surface area contributed by atoms with E-state index in [1.54, 1.807) is 5.01 Å². The lowest BCUT2D eigenvalue weighted by atomic mass is 9.95. The van der Waals surface area contributed by atoms with Gasteiger partial charge in [0.2, 0.25) is 5.91 Å². The average Bonchev–Trinajstić information content (AvgIpc) is 2.61. The van der Waals surface area contributed by atoms with E-state index in [0.29, 0.717) is 19.0 Å². The van der Waals surface area contributed by atoms with Gasteiger partial charge in [0.05, 0.1) is 12.5 Å². The molecule has 15 heavy (non-hydrogen) atoms. The Kier molecular flexibility index (Phi) is 3.36. The minimum atomic E-state index is 0.172. The maximum Gasteiger partial charge on any atom is 0.248 e. The van der Waals surface area contributed by atoms with E-state index in [4.69, 9.17) is 5.73 Å². The normalized spacial score (nSPS) is 23.4. The maximum absolute atomic E-state index is 11.7. The fraction of sp³-hybridized carbons (Fsp3) is 0.818. The van der Waals surface area contributed by atoms with Gasteiger partial charge in [-0.05, 0) is 19.4 Å². The summed E-state index contributed by atoms with van der Waals surface area (Å²) in [5, 5.41) is 6.13. The number of nitrogens with two attached hydrogens (primary N) is 1. The van der Waals surface area contributed by atoms with Crippen LogP contribution in [0, 0.1) is 0 Å². The summed E-state index contributed by atoms with van der Waals surface area (Å²) in [7, 11) is 0. The molecule has 1 saturated carbocycles. The number of rotatable bonds is 3. The van der Waals surface area contributed by atoms with Crippen molar-refractivity contribution in [2.24, 2.45) is 10.8 Å². The van der Waals surface area contributed by atoms with Crippen molar-refractivity contribution in [1.29, 1.82) is 0 Å². The molecule has 0 aromatic heterocycles. The van der Waals surface area contributed by atoms with E-state index < -0.39 is 0 Å². The zero-order valence-electron chi connectivity index (χ0n) is 9.11. The van der Waals surface area contributed by atoms with Crippen LogP contribution in [0.15, 0.2) is 5.10 Å². The van der Waals surface area contributed by atoms with Crippen LogP contribution in [0.4, 0.5) is 0 Å². The number of carbonyl (C=O) groups excluding carboxylic acids is 1. The molecular weight excluding hydrogens is 190 g/mol. The van der Waals surface area contributed by atoms with Crippen LogP contribution in [0.1, 0.15) is 44.9 Å². The third-order valence-corrected chi connectivity index (χ3v) is 3.21. The first-order valence-electron chi connectivity index (χ1n) is 5.89. The Balaban J connectivity index is 1.98. The van der Waals surface area contributed by atoms with E-state index in [2.05, 4.69) is 5.10 Å². The van der Waals surface area contributed by atoms with E-state index >= 15 is 0 Å². The van der Waals surface area contributed by atoms with Crippen molar-refractivity contribution in [3.63, 3.8) is 0 Å². The van der Waals surface area contributed by atoms with E-state index in [9.17, 15) is 4.79 Å². The molecule has 0 saturated heterocycles. The lowest BCUT2D eigenvalue weighted by Gasteiger charge is -2.27. The highest BCUT2D eigenvalue weighted by molar-refractivity contribution is 6.05. The van der Waals surface area contributed by atoms with Gasteiger partial charge in [-0.2, -0.15) is 5.10 Å². The highest BCUT2D eigenvalue weighted by Crippen LogP contribution is 2.26. The van der Waals surface area contributed by atoms with Gasteiger partial charge in [-0.3, -0.25) is 4.79 Å². The van der Waals surface area contributed by atoms with Gasteiger partial charge in [-0.15, -0.1) is 0 Å². The summed E-state index contributed by atoms with van der Waals surface area (Å²) in [6.45, 7) is 0.588. The molecule has 4 nitrogen and oxygen atoms in total. The predicted molar refractivity (Wildman–Crippen MR) is 59.4 cm³/mol. The third kappa shape index (κ3) is 2.37. The van der Waals surface area contributed by atoms with Crippen molar-refractivity contribution >= 4 is 11.6 Å². The summed E-state index contributed by atoms with van der Waals surface area (Å²) in [5.74, 6) is 0.172. The molecule has 0 aromatic carbocycles. The molecule has 1 aliphatic heterocycles. The van der Waals surface area contributed by atoms with Gasteiger partial charge in [0, 0.05) is 12.1 Å². The molecule has 0 atom stereocenters. The van der Waals surface area contributed by atoms with E-state index in [1.165, 1.54) is 19.3 Å². The molecule has 0 spiro atoms. The van der Waals surface area contributed by atoms with Gasteiger partial charge in [0.1, 0.15) is 0 Å². The Morgan fingerprint density at radius 2 is 2.07 bits per heavy atom. The summed E-state index contributed by atoms with van der Waals surface area (Å²) < 4.78 is 0. The minimum absolute atomic E-state index is 0.172. The lowest BCUT2D eigenvalue weighted by molar-refractivity contribution is -0.131. The highest BCUT2D eigenvalue weighted by Gasteiger charge is 2.30. The molecule has 0 bridgehead atoms. The van der Waals surface area contributed by atoms with Crippen molar-refractivity contribution in [3.05, 3.63) is 0 Å². The molecule has 0 aromatic rings. The van der Waals surface area contributed by atoms with Gasteiger partial charge in [0.15, 0.2) is 0 Å². The molecule has 2 aliphatic rings. The van der Waals surface area contributed by atoms with Crippen LogP contribution < -0.4 is 5.73 Å².